The van der Waals surface area contributed by atoms with E-state index in [0.29, 0.717) is 18.3 Å². The quantitative estimate of drug-likeness (QED) is 0.183. The third kappa shape index (κ3) is 4.64. The SMILES string of the molecule is COC(=O)[C@]12CCC(C)(C)C[C@H]1C1=CC[C@@H]3[C@@]4(C)CC[C@H](O[C@@H]5O[C@H](C(=O)O)[C@@H](O)[C@H](O)[C@H]5O)C(C)(C)[C@@H]4CC[C@@]3(C)[C@]1(C)CC2. The molecule has 46 heavy (non-hydrogen) atoms. The second kappa shape index (κ2) is 11.0. The van der Waals surface area contributed by atoms with E-state index in [2.05, 4.69) is 54.5 Å². The molecule has 0 bridgehead atoms. The van der Waals surface area contributed by atoms with E-state index in [1.165, 1.54) is 5.57 Å². The van der Waals surface area contributed by atoms with Gasteiger partial charge in [0.05, 0.1) is 18.6 Å². The molecule has 0 spiro atoms. The first kappa shape index (κ1) is 34.3. The van der Waals surface area contributed by atoms with E-state index in [1.54, 1.807) is 7.11 Å². The van der Waals surface area contributed by atoms with Crippen LogP contribution < -0.4 is 0 Å². The van der Waals surface area contributed by atoms with Crippen LogP contribution in [-0.2, 0) is 23.8 Å². The van der Waals surface area contributed by atoms with Crippen LogP contribution in [0.3, 0.4) is 0 Å². The largest absolute Gasteiger partial charge is 0.479 e. The van der Waals surface area contributed by atoms with Crippen LogP contribution in [0.1, 0.15) is 113 Å². The number of allylic oxidation sites excluding steroid dienone is 2. The van der Waals surface area contributed by atoms with Gasteiger partial charge in [0.25, 0.3) is 0 Å². The Hall–Kier alpha value is -1.52. The standard InChI is InChI=1S/C37H58O9/c1-32(2)15-17-37(31(43)44-8)18-16-35(6)20(21(37)19-32)9-10-23-34(5)13-12-24(33(3,4)22(34)11-14-36(23,35)7)45-30-27(40)25(38)26(39)28(46-30)29(41)42/h9,21-28,30,38-40H,10-19H2,1-8H3,(H,41,42)/t21-,22-,23+,24-,25-,26-,27+,28-,30+,34-,35+,36+,37-/m0/s1. The predicted molar refractivity (Wildman–Crippen MR) is 170 cm³/mol. The van der Waals surface area contributed by atoms with Crippen LogP contribution in [0, 0.1) is 50.2 Å². The van der Waals surface area contributed by atoms with Crippen molar-refractivity contribution in [3.05, 3.63) is 11.6 Å². The number of carbonyl (C=O) groups excluding carboxylic acids is 1. The summed E-state index contributed by atoms with van der Waals surface area (Å²) in [5, 5.41) is 40.8. The predicted octanol–water partition coefficient (Wildman–Crippen LogP) is 5.24. The number of methoxy groups -OCH3 is 1. The van der Waals surface area contributed by atoms with Crippen LogP contribution in [0.5, 0.6) is 0 Å². The molecular weight excluding hydrogens is 588 g/mol. The summed E-state index contributed by atoms with van der Waals surface area (Å²) >= 11 is 0. The Morgan fingerprint density at radius 2 is 1.52 bits per heavy atom. The number of aliphatic hydroxyl groups excluding tert-OH is 3. The summed E-state index contributed by atoms with van der Waals surface area (Å²) in [7, 11) is 1.55. The second-order valence-corrected chi connectivity index (χ2v) is 18.1. The van der Waals surface area contributed by atoms with Crippen LogP contribution in [0.25, 0.3) is 0 Å². The van der Waals surface area contributed by atoms with Gasteiger partial charge in [-0.15, -0.1) is 0 Å². The summed E-state index contributed by atoms with van der Waals surface area (Å²) in [5.74, 6) is -0.469. The number of hydrogen-bond donors (Lipinski definition) is 4. The third-order valence-electron chi connectivity index (χ3n) is 15.3. The van der Waals surface area contributed by atoms with Crippen molar-refractivity contribution in [1.29, 1.82) is 0 Å². The number of carboxylic acids is 1. The molecule has 4 saturated carbocycles. The summed E-state index contributed by atoms with van der Waals surface area (Å²) in [6.07, 6.45) is 3.73. The average molecular weight is 647 g/mol. The van der Waals surface area contributed by atoms with Gasteiger partial charge in [-0.1, -0.05) is 60.1 Å². The van der Waals surface area contributed by atoms with Gasteiger partial charge in [-0.25, -0.2) is 4.79 Å². The lowest BCUT2D eigenvalue weighted by Gasteiger charge is -2.71. The molecule has 260 valence electrons. The van der Waals surface area contributed by atoms with Gasteiger partial charge in [0.1, 0.15) is 18.3 Å². The minimum Gasteiger partial charge on any atom is -0.479 e. The fourth-order valence-electron chi connectivity index (χ4n) is 12.4. The molecule has 9 heteroatoms. The van der Waals surface area contributed by atoms with Crippen molar-refractivity contribution in [2.45, 2.75) is 149 Å². The minimum atomic E-state index is -1.74. The topological polar surface area (TPSA) is 143 Å². The lowest BCUT2D eigenvalue weighted by molar-refractivity contribution is -0.324. The molecule has 0 radical (unpaired) electrons. The molecular formula is C37H58O9. The summed E-state index contributed by atoms with van der Waals surface area (Å²) in [4.78, 5) is 25.2. The van der Waals surface area contributed by atoms with Crippen molar-refractivity contribution in [2.24, 2.45) is 50.2 Å². The van der Waals surface area contributed by atoms with Crippen LogP contribution in [0.15, 0.2) is 11.6 Å². The number of fused-ring (bicyclic) bond motifs is 7. The van der Waals surface area contributed by atoms with Gasteiger partial charge in [0, 0.05) is 0 Å². The number of aliphatic hydroxyl groups is 3. The van der Waals surface area contributed by atoms with Gasteiger partial charge < -0.3 is 34.6 Å². The van der Waals surface area contributed by atoms with Crippen LogP contribution in [-0.4, -0.2) is 76.3 Å². The Kier molecular flexibility index (Phi) is 8.21. The number of ether oxygens (including phenoxy) is 3. The molecule has 0 amide bonds. The number of hydrogen-bond acceptors (Lipinski definition) is 8. The highest BCUT2D eigenvalue weighted by molar-refractivity contribution is 5.78. The van der Waals surface area contributed by atoms with Gasteiger partial charge in [0.2, 0.25) is 0 Å². The van der Waals surface area contributed by atoms with Crippen molar-refractivity contribution >= 4 is 11.9 Å². The molecule has 1 aliphatic heterocycles. The first-order chi connectivity index (χ1) is 21.3. The lowest BCUT2D eigenvalue weighted by Crippen LogP contribution is -2.66. The van der Waals surface area contributed by atoms with Crippen LogP contribution in [0.4, 0.5) is 0 Å². The fraction of sp³-hybridized carbons (Fsp3) is 0.892. The molecule has 5 fully saturated rings. The second-order valence-electron chi connectivity index (χ2n) is 18.1. The molecule has 6 aliphatic rings. The van der Waals surface area contributed by atoms with Gasteiger partial charge in [-0.3, -0.25) is 4.79 Å². The number of rotatable bonds is 4. The van der Waals surface area contributed by atoms with Gasteiger partial charge in [-0.2, -0.15) is 0 Å². The highest BCUT2D eigenvalue weighted by Gasteiger charge is 2.69. The van der Waals surface area contributed by atoms with E-state index in [9.17, 15) is 30.0 Å². The van der Waals surface area contributed by atoms with Crippen molar-refractivity contribution in [1.82, 2.24) is 0 Å². The zero-order valence-electron chi connectivity index (χ0n) is 29.2. The van der Waals surface area contributed by atoms with Crippen molar-refractivity contribution in [3.8, 4) is 0 Å². The maximum Gasteiger partial charge on any atom is 0.335 e. The lowest BCUT2D eigenvalue weighted by atomic mass is 9.33. The number of aliphatic carboxylic acids is 1. The average Bonchev–Trinajstić information content (AvgIpc) is 2.98. The maximum atomic E-state index is 13.5. The zero-order valence-corrected chi connectivity index (χ0v) is 29.2. The van der Waals surface area contributed by atoms with Crippen molar-refractivity contribution < 1.29 is 44.2 Å². The molecule has 0 aromatic carbocycles. The minimum absolute atomic E-state index is 0.0140. The molecule has 0 aromatic rings. The normalized spacial score (nSPS) is 50.9. The molecule has 4 N–H and O–H groups in total. The Balaban J connectivity index is 1.29. The van der Waals surface area contributed by atoms with Crippen molar-refractivity contribution in [3.63, 3.8) is 0 Å². The molecule has 5 aliphatic carbocycles. The third-order valence-corrected chi connectivity index (χ3v) is 15.3. The Morgan fingerprint density at radius 3 is 2.17 bits per heavy atom. The van der Waals surface area contributed by atoms with Gasteiger partial charge in [-0.05, 0) is 109 Å². The highest BCUT2D eigenvalue weighted by Crippen LogP contribution is 2.76. The first-order valence-corrected chi connectivity index (χ1v) is 17.7. The molecule has 6 rings (SSSR count). The van der Waals surface area contributed by atoms with Crippen LogP contribution >= 0.6 is 0 Å². The van der Waals surface area contributed by atoms with E-state index in [1.807, 2.05) is 0 Å². The van der Waals surface area contributed by atoms with Gasteiger partial charge in [0.15, 0.2) is 12.4 Å². The molecule has 9 nitrogen and oxygen atoms in total. The van der Waals surface area contributed by atoms with Gasteiger partial charge >= 0.3 is 11.9 Å². The van der Waals surface area contributed by atoms with E-state index in [4.69, 9.17) is 14.2 Å². The van der Waals surface area contributed by atoms with E-state index >= 15 is 0 Å². The smallest absolute Gasteiger partial charge is 0.335 e. The van der Waals surface area contributed by atoms with Crippen molar-refractivity contribution in [2.75, 3.05) is 7.11 Å². The Morgan fingerprint density at radius 1 is 0.848 bits per heavy atom. The Labute approximate surface area is 274 Å². The first-order valence-electron chi connectivity index (χ1n) is 17.7. The summed E-state index contributed by atoms with van der Waals surface area (Å²) in [6, 6.07) is 0. The van der Waals surface area contributed by atoms with E-state index in [0.717, 1.165) is 57.8 Å². The number of carboxylic acid groups (broad SMARTS) is 1. The maximum absolute atomic E-state index is 13.5. The monoisotopic (exact) mass is 646 g/mol. The molecule has 0 unspecified atom stereocenters. The molecule has 13 atom stereocenters. The van der Waals surface area contributed by atoms with E-state index in [-0.39, 0.29) is 45.1 Å². The number of carbonyl (C=O) groups is 2. The van der Waals surface area contributed by atoms with Crippen LogP contribution in [0.2, 0.25) is 0 Å². The Bertz CT molecular complexity index is 1280. The number of esters is 1. The molecule has 0 aromatic heterocycles. The summed E-state index contributed by atoms with van der Waals surface area (Å²) in [6.45, 7) is 16.6. The fourth-order valence-corrected chi connectivity index (χ4v) is 12.4. The summed E-state index contributed by atoms with van der Waals surface area (Å²) < 4.78 is 17.4. The molecule has 1 saturated heterocycles. The molecule has 1 heterocycles. The zero-order chi connectivity index (χ0) is 33.8. The summed E-state index contributed by atoms with van der Waals surface area (Å²) in [5.41, 5.74) is 1.02. The highest BCUT2D eigenvalue weighted by atomic mass is 16.7. The van der Waals surface area contributed by atoms with E-state index < -0.39 is 42.1 Å².